The molecule has 1 aromatic rings. The minimum atomic E-state index is -0.880. The molecule has 1 aliphatic heterocycles. The van der Waals surface area contributed by atoms with E-state index in [-0.39, 0.29) is 18.2 Å². The average Bonchev–Trinajstić information content (AvgIpc) is 2.28. The van der Waals surface area contributed by atoms with Crippen molar-refractivity contribution in [3.05, 3.63) is 28.8 Å². The van der Waals surface area contributed by atoms with E-state index in [1.54, 1.807) is 6.07 Å². The molecule has 1 heterocycles. The largest absolute Gasteiger partial charge is 0.481 e. The molecule has 0 saturated heterocycles. The van der Waals surface area contributed by atoms with E-state index < -0.39 is 5.97 Å². The lowest BCUT2D eigenvalue weighted by Gasteiger charge is -2.24. The minimum absolute atomic E-state index is 0.00792. The van der Waals surface area contributed by atoms with Crippen molar-refractivity contribution in [2.45, 2.75) is 19.3 Å². The van der Waals surface area contributed by atoms with Gasteiger partial charge in [-0.05, 0) is 24.5 Å². The molecule has 2 N–H and O–H groups in total. The van der Waals surface area contributed by atoms with Crippen LogP contribution >= 0.6 is 11.6 Å². The van der Waals surface area contributed by atoms with Gasteiger partial charge in [0.15, 0.2) is 0 Å². The van der Waals surface area contributed by atoms with Gasteiger partial charge in [-0.25, -0.2) is 0 Å². The van der Waals surface area contributed by atoms with E-state index in [0.29, 0.717) is 23.6 Å². The summed E-state index contributed by atoms with van der Waals surface area (Å²) in [5.41, 5.74) is 1.62. The van der Waals surface area contributed by atoms with Crippen LogP contribution in [0.15, 0.2) is 18.2 Å². The highest BCUT2D eigenvalue weighted by Crippen LogP contribution is 2.33. The number of nitrogens with one attached hydrogen (secondary N) is 1. The Morgan fingerprint density at radius 3 is 3.00 bits per heavy atom. The summed E-state index contributed by atoms with van der Waals surface area (Å²) in [6.45, 7) is 0. The Hall–Kier alpha value is -1.55. The van der Waals surface area contributed by atoms with E-state index in [0.717, 1.165) is 5.56 Å². The zero-order valence-corrected chi connectivity index (χ0v) is 9.83. The Bertz CT molecular complexity index is 473. The molecule has 2 rings (SSSR count). The minimum Gasteiger partial charge on any atom is -0.481 e. The first-order chi connectivity index (χ1) is 8.08. The molecule has 0 aliphatic carbocycles. The second kappa shape index (κ2) is 4.75. The van der Waals surface area contributed by atoms with Crippen LogP contribution in [0.5, 0.6) is 0 Å². The molecule has 4 nitrogen and oxygen atoms in total. The molecule has 1 amide bonds. The number of carboxylic acids is 1. The molecule has 0 bridgehead atoms. The topological polar surface area (TPSA) is 66.4 Å². The Morgan fingerprint density at radius 2 is 2.29 bits per heavy atom. The number of fused-ring (bicyclic) bond motifs is 1. The third-order valence-electron chi connectivity index (χ3n) is 2.89. The molecule has 1 aromatic carbocycles. The molecule has 17 heavy (non-hydrogen) atoms. The molecule has 0 spiro atoms. The van der Waals surface area contributed by atoms with E-state index in [1.165, 1.54) is 0 Å². The van der Waals surface area contributed by atoms with Crippen molar-refractivity contribution in [1.29, 1.82) is 0 Å². The van der Waals surface area contributed by atoms with Crippen LogP contribution in [0.25, 0.3) is 0 Å². The summed E-state index contributed by atoms with van der Waals surface area (Å²) in [5.74, 6) is -1.31. The summed E-state index contributed by atoms with van der Waals surface area (Å²) in [5, 5.41) is 11.9. The summed E-state index contributed by atoms with van der Waals surface area (Å²) in [7, 11) is 0. The van der Waals surface area contributed by atoms with Gasteiger partial charge in [0, 0.05) is 12.3 Å². The van der Waals surface area contributed by atoms with Crippen molar-refractivity contribution in [2.24, 2.45) is 5.92 Å². The van der Waals surface area contributed by atoms with Gasteiger partial charge >= 0.3 is 5.97 Å². The van der Waals surface area contributed by atoms with Crippen LogP contribution in [0, 0.1) is 5.92 Å². The predicted octanol–water partition coefficient (Wildman–Crippen LogP) is 2.32. The second-order valence-electron chi connectivity index (χ2n) is 4.10. The maximum absolute atomic E-state index is 11.8. The maximum Gasteiger partial charge on any atom is 0.303 e. The van der Waals surface area contributed by atoms with Crippen LogP contribution in [-0.4, -0.2) is 17.0 Å². The first kappa shape index (κ1) is 11.9. The number of carbonyl (C=O) groups excluding carboxylic acids is 1. The molecule has 0 radical (unpaired) electrons. The van der Waals surface area contributed by atoms with Gasteiger partial charge in [0.2, 0.25) is 5.91 Å². The van der Waals surface area contributed by atoms with Crippen LogP contribution < -0.4 is 5.32 Å². The summed E-state index contributed by atoms with van der Waals surface area (Å²) in [4.78, 5) is 22.3. The van der Waals surface area contributed by atoms with Gasteiger partial charge in [0.05, 0.1) is 10.7 Å². The predicted molar refractivity (Wildman–Crippen MR) is 64.1 cm³/mol. The van der Waals surface area contributed by atoms with Crippen molar-refractivity contribution in [3.63, 3.8) is 0 Å². The Kier molecular flexibility index (Phi) is 3.33. The summed E-state index contributed by atoms with van der Waals surface area (Å²) in [6, 6.07) is 5.44. The number of carbonyl (C=O) groups is 2. The fourth-order valence-electron chi connectivity index (χ4n) is 1.99. The SMILES string of the molecule is O=C(O)CCC1Cc2cccc(Cl)c2NC1=O. The summed E-state index contributed by atoms with van der Waals surface area (Å²) >= 11 is 5.97. The molecule has 1 unspecified atom stereocenters. The van der Waals surface area contributed by atoms with Gasteiger partial charge in [0.1, 0.15) is 0 Å². The fourth-order valence-corrected chi connectivity index (χ4v) is 2.23. The van der Waals surface area contributed by atoms with Gasteiger partial charge in [-0.1, -0.05) is 23.7 Å². The number of halogens is 1. The summed E-state index contributed by atoms with van der Waals surface area (Å²) < 4.78 is 0. The second-order valence-corrected chi connectivity index (χ2v) is 4.50. The van der Waals surface area contributed by atoms with Crippen molar-refractivity contribution < 1.29 is 14.7 Å². The normalized spacial score (nSPS) is 18.4. The van der Waals surface area contributed by atoms with Gasteiger partial charge in [-0.2, -0.15) is 0 Å². The van der Waals surface area contributed by atoms with Crippen molar-refractivity contribution in [2.75, 3.05) is 5.32 Å². The van der Waals surface area contributed by atoms with E-state index >= 15 is 0 Å². The quantitative estimate of drug-likeness (QED) is 0.869. The highest BCUT2D eigenvalue weighted by Gasteiger charge is 2.27. The lowest BCUT2D eigenvalue weighted by Crippen LogP contribution is -2.30. The molecular formula is C12H12ClNO3. The highest BCUT2D eigenvalue weighted by atomic mass is 35.5. The Balaban J connectivity index is 2.16. The molecule has 90 valence electrons. The third-order valence-corrected chi connectivity index (χ3v) is 3.21. The van der Waals surface area contributed by atoms with E-state index in [9.17, 15) is 9.59 Å². The summed E-state index contributed by atoms with van der Waals surface area (Å²) in [6.07, 6.45) is 0.913. The van der Waals surface area contributed by atoms with E-state index in [2.05, 4.69) is 5.32 Å². The number of amides is 1. The number of anilines is 1. The smallest absolute Gasteiger partial charge is 0.303 e. The standard InChI is InChI=1S/C12H12ClNO3/c13-9-3-1-2-7-6-8(4-5-10(15)16)12(17)14-11(7)9/h1-3,8H,4-6H2,(H,14,17)(H,15,16). The van der Waals surface area contributed by atoms with E-state index in [4.69, 9.17) is 16.7 Å². The van der Waals surface area contributed by atoms with Crippen LogP contribution in [0.1, 0.15) is 18.4 Å². The van der Waals surface area contributed by atoms with Gasteiger partial charge < -0.3 is 10.4 Å². The molecule has 0 aromatic heterocycles. The number of rotatable bonds is 3. The number of benzene rings is 1. The van der Waals surface area contributed by atoms with Crippen molar-refractivity contribution >= 4 is 29.2 Å². The molecular weight excluding hydrogens is 242 g/mol. The van der Waals surface area contributed by atoms with Crippen LogP contribution in [-0.2, 0) is 16.0 Å². The molecule has 0 fully saturated rings. The lowest BCUT2D eigenvalue weighted by molar-refractivity contribution is -0.137. The molecule has 0 saturated carbocycles. The fraction of sp³-hybridized carbons (Fsp3) is 0.333. The van der Waals surface area contributed by atoms with E-state index in [1.807, 2.05) is 12.1 Å². The first-order valence-electron chi connectivity index (χ1n) is 5.38. The number of hydrogen-bond donors (Lipinski definition) is 2. The first-order valence-corrected chi connectivity index (χ1v) is 5.76. The van der Waals surface area contributed by atoms with Gasteiger partial charge in [-0.3, -0.25) is 9.59 Å². The zero-order chi connectivity index (χ0) is 12.4. The Morgan fingerprint density at radius 1 is 1.53 bits per heavy atom. The van der Waals surface area contributed by atoms with Crippen molar-refractivity contribution in [3.8, 4) is 0 Å². The highest BCUT2D eigenvalue weighted by molar-refractivity contribution is 6.34. The third kappa shape index (κ3) is 2.58. The number of carboxylic acid groups (broad SMARTS) is 1. The number of para-hydroxylation sites is 1. The molecule has 1 aliphatic rings. The van der Waals surface area contributed by atoms with Crippen LogP contribution in [0.3, 0.4) is 0 Å². The monoisotopic (exact) mass is 253 g/mol. The Labute approximate surface area is 104 Å². The van der Waals surface area contributed by atoms with Crippen LogP contribution in [0.4, 0.5) is 5.69 Å². The van der Waals surface area contributed by atoms with Crippen LogP contribution in [0.2, 0.25) is 5.02 Å². The number of aliphatic carboxylic acids is 1. The zero-order valence-electron chi connectivity index (χ0n) is 9.07. The van der Waals surface area contributed by atoms with Gasteiger partial charge in [0.25, 0.3) is 0 Å². The van der Waals surface area contributed by atoms with Gasteiger partial charge in [-0.15, -0.1) is 0 Å². The molecule has 1 atom stereocenters. The maximum atomic E-state index is 11.8. The lowest BCUT2D eigenvalue weighted by atomic mass is 9.90. The van der Waals surface area contributed by atoms with Crippen molar-refractivity contribution in [1.82, 2.24) is 0 Å². The molecule has 5 heteroatoms. The average molecular weight is 254 g/mol. The number of hydrogen-bond acceptors (Lipinski definition) is 2.